The summed E-state index contributed by atoms with van der Waals surface area (Å²) in [5, 5.41) is 3.23. The Bertz CT molecular complexity index is 245. The third-order valence-electron chi connectivity index (χ3n) is 4.00. The maximum atomic E-state index is 12.2. The van der Waals surface area contributed by atoms with Crippen LogP contribution in [0.2, 0.25) is 0 Å². The Balaban J connectivity index is 1.81. The zero-order valence-electron chi connectivity index (χ0n) is 10.2. The summed E-state index contributed by atoms with van der Waals surface area (Å²) in [4.78, 5) is 14.2. The lowest BCUT2D eigenvalue weighted by Crippen LogP contribution is -2.51. The zero-order chi connectivity index (χ0) is 11.5. The number of methoxy groups -OCH3 is 1. The number of nitrogens with zero attached hydrogens (tertiary/aromatic N) is 1. The van der Waals surface area contributed by atoms with Crippen molar-refractivity contribution in [3.8, 4) is 0 Å². The van der Waals surface area contributed by atoms with Crippen molar-refractivity contribution >= 4 is 5.91 Å². The van der Waals surface area contributed by atoms with Crippen molar-refractivity contribution < 1.29 is 9.53 Å². The highest BCUT2D eigenvalue weighted by atomic mass is 16.5. The summed E-state index contributed by atoms with van der Waals surface area (Å²) in [5.41, 5.74) is 0. The topological polar surface area (TPSA) is 41.6 Å². The summed E-state index contributed by atoms with van der Waals surface area (Å²) in [6.07, 6.45) is 2.32. The van der Waals surface area contributed by atoms with E-state index in [4.69, 9.17) is 4.74 Å². The van der Waals surface area contributed by atoms with Gasteiger partial charge in [0.25, 0.3) is 0 Å². The zero-order valence-corrected chi connectivity index (χ0v) is 10.2. The van der Waals surface area contributed by atoms with E-state index in [1.54, 1.807) is 7.11 Å². The maximum Gasteiger partial charge on any atom is 0.225 e. The SMILES string of the molecule is COC1CCN(C(=O)C(C)C2CNC2)CC1. The fourth-order valence-electron chi connectivity index (χ4n) is 2.47. The number of carbonyl (C=O) groups is 1. The first kappa shape index (κ1) is 11.9. The number of likely N-dealkylation sites (tertiary alicyclic amines) is 1. The molecule has 0 aromatic heterocycles. The molecule has 0 saturated carbocycles. The Morgan fingerprint density at radius 1 is 1.38 bits per heavy atom. The predicted molar refractivity (Wildman–Crippen MR) is 62.1 cm³/mol. The van der Waals surface area contributed by atoms with E-state index in [9.17, 15) is 4.79 Å². The lowest BCUT2D eigenvalue weighted by molar-refractivity contribution is -0.139. The highest BCUT2D eigenvalue weighted by Gasteiger charge is 2.33. The number of hydrogen-bond acceptors (Lipinski definition) is 3. The summed E-state index contributed by atoms with van der Waals surface area (Å²) in [5.74, 6) is 1.06. The molecule has 16 heavy (non-hydrogen) atoms. The Hall–Kier alpha value is -0.610. The quantitative estimate of drug-likeness (QED) is 0.761. The molecule has 1 unspecified atom stereocenters. The average Bonchev–Trinajstić information content (AvgIpc) is 2.26. The van der Waals surface area contributed by atoms with Crippen LogP contribution in [0.1, 0.15) is 19.8 Å². The van der Waals surface area contributed by atoms with Gasteiger partial charge in [-0.2, -0.15) is 0 Å². The molecule has 2 rings (SSSR count). The molecule has 0 aliphatic carbocycles. The number of ether oxygens (including phenoxy) is 1. The van der Waals surface area contributed by atoms with Crippen LogP contribution < -0.4 is 5.32 Å². The Morgan fingerprint density at radius 3 is 2.44 bits per heavy atom. The van der Waals surface area contributed by atoms with Crippen molar-refractivity contribution in [2.75, 3.05) is 33.3 Å². The summed E-state index contributed by atoms with van der Waals surface area (Å²) in [7, 11) is 1.75. The summed E-state index contributed by atoms with van der Waals surface area (Å²) in [6.45, 7) is 5.79. The minimum Gasteiger partial charge on any atom is -0.381 e. The van der Waals surface area contributed by atoms with Crippen molar-refractivity contribution in [2.45, 2.75) is 25.9 Å². The predicted octanol–water partition coefficient (Wildman–Crippen LogP) is 0.479. The highest BCUT2D eigenvalue weighted by Crippen LogP contribution is 2.21. The van der Waals surface area contributed by atoms with E-state index >= 15 is 0 Å². The van der Waals surface area contributed by atoms with Gasteiger partial charge in [0.15, 0.2) is 0 Å². The molecule has 4 nitrogen and oxygen atoms in total. The number of hydrogen-bond donors (Lipinski definition) is 1. The molecule has 2 heterocycles. The Morgan fingerprint density at radius 2 is 2.00 bits per heavy atom. The lowest BCUT2D eigenvalue weighted by atomic mass is 9.87. The lowest BCUT2D eigenvalue weighted by Gasteiger charge is -2.37. The largest absolute Gasteiger partial charge is 0.381 e. The van der Waals surface area contributed by atoms with Crippen molar-refractivity contribution in [1.82, 2.24) is 10.2 Å². The first-order valence-corrected chi connectivity index (χ1v) is 6.24. The molecule has 2 saturated heterocycles. The van der Waals surface area contributed by atoms with Crippen LogP contribution in [0.3, 0.4) is 0 Å². The van der Waals surface area contributed by atoms with E-state index in [-0.39, 0.29) is 5.92 Å². The average molecular weight is 226 g/mol. The number of nitrogens with one attached hydrogen (secondary N) is 1. The second kappa shape index (κ2) is 5.15. The van der Waals surface area contributed by atoms with E-state index in [1.807, 2.05) is 4.90 Å². The number of piperidine rings is 1. The molecule has 0 radical (unpaired) electrons. The van der Waals surface area contributed by atoms with Gasteiger partial charge in [0.2, 0.25) is 5.91 Å². The van der Waals surface area contributed by atoms with Crippen LogP contribution in [0.4, 0.5) is 0 Å². The van der Waals surface area contributed by atoms with Gasteiger partial charge in [-0.15, -0.1) is 0 Å². The van der Waals surface area contributed by atoms with E-state index < -0.39 is 0 Å². The van der Waals surface area contributed by atoms with Crippen LogP contribution in [-0.2, 0) is 9.53 Å². The summed E-state index contributed by atoms with van der Waals surface area (Å²) >= 11 is 0. The van der Waals surface area contributed by atoms with Gasteiger partial charge in [0.05, 0.1) is 6.10 Å². The van der Waals surface area contributed by atoms with Crippen LogP contribution in [0.5, 0.6) is 0 Å². The summed E-state index contributed by atoms with van der Waals surface area (Å²) < 4.78 is 5.31. The maximum absolute atomic E-state index is 12.2. The van der Waals surface area contributed by atoms with E-state index in [0.717, 1.165) is 39.0 Å². The van der Waals surface area contributed by atoms with Gasteiger partial charge >= 0.3 is 0 Å². The van der Waals surface area contributed by atoms with Gasteiger partial charge < -0.3 is 15.0 Å². The Labute approximate surface area is 97.3 Å². The number of rotatable bonds is 3. The monoisotopic (exact) mass is 226 g/mol. The molecule has 0 aromatic carbocycles. The van der Waals surface area contributed by atoms with Crippen molar-refractivity contribution in [1.29, 1.82) is 0 Å². The fourth-order valence-corrected chi connectivity index (χ4v) is 2.47. The molecule has 0 spiro atoms. The van der Waals surface area contributed by atoms with Gasteiger partial charge in [-0.05, 0) is 31.8 Å². The van der Waals surface area contributed by atoms with Crippen LogP contribution in [0.25, 0.3) is 0 Å². The van der Waals surface area contributed by atoms with E-state index in [0.29, 0.717) is 17.9 Å². The number of carbonyl (C=O) groups excluding carboxylic acids is 1. The van der Waals surface area contributed by atoms with Gasteiger partial charge in [-0.25, -0.2) is 0 Å². The first-order chi connectivity index (χ1) is 7.72. The smallest absolute Gasteiger partial charge is 0.225 e. The fraction of sp³-hybridized carbons (Fsp3) is 0.917. The molecule has 2 aliphatic rings. The van der Waals surface area contributed by atoms with Gasteiger partial charge in [-0.3, -0.25) is 4.79 Å². The molecule has 2 aliphatic heterocycles. The van der Waals surface area contributed by atoms with Gasteiger partial charge in [0.1, 0.15) is 0 Å². The minimum atomic E-state index is 0.181. The molecule has 0 aromatic rings. The third-order valence-corrected chi connectivity index (χ3v) is 4.00. The molecular weight excluding hydrogens is 204 g/mol. The normalized spacial score (nSPS) is 25.2. The third kappa shape index (κ3) is 2.38. The van der Waals surface area contributed by atoms with Crippen LogP contribution in [-0.4, -0.2) is 50.2 Å². The standard InChI is InChI=1S/C12H22N2O2/c1-9(10-7-13-8-10)12(15)14-5-3-11(16-2)4-6-14/h9-11,13H,3-8H2,1-2H3. The molecular formula is C12H22N2O2. The highest BCUT2D eigenvalue weighted by molar-refractivity contribution is 5.79. The van der Waals surface area contributed by atoms with E-state index in [2.05, 4.69) is 12.2 Å². The number of amides is 1. The Kier molecular flexibility index (Phi) is 3.82. The van der Waals surface area contributed by atoms with Crippen LogP contribution >= 0.6 is 0 Å². The second-order valence-electron chi connectivity index (χ2n) is 4.97. The first-order valence-electron chi connectivity index (χ1n) is 6.24. The molecule has 1 atom stereocenters. The molecule has 0 bridgehead atoms. The summed E-state index contributed by atoms with van der Waals surface area (Å²) in [6, 6.07) is 0. The molecule has 1 amide bonds. The van der Waals surface area contributed by atoms with Crippen LogP contribution in [0.15, 0.2) is 0 Å². The van der Waals surface area contributed by atoms with Gasteiger partial charge in [-0.1, -0.05) is 6.92 Å². The second-order valence-corrected chi connectivity index (χ2v) is 4.97. The van der Waals surface area contributed by atoms with Crippen molar-refractivity contribution in [2.24, 2.45) is 11.8 Å². The molecule has 92 valence electrons. The molecule has 4 heteroatoms. The van der Waals surface area contributed by atoms with Gasteiger partial charge in [0, 0.05) is 26.1 Å². The van der Waals surface area contributed by atoms with Crippen molar-refractivity contribution in [3.05, 3.63) is 0 Å². The van der Waals surface area contributed by atoms with Crippen molar-refractivity contribution in [3.63, 3.8) is 0 Å². The van der Waals surface area contributed by atoms with E-state index in [1.165, 1.54) is 0 Å². The molecule has 1 N–H and O–H groups in total. The molecule has 2 fully saturated rings. The van der Waals surface area contributed by atoms with Crippen LogP contribution in [0, 0.1) is 11.8 Å². The minimum absolute atomic E-state index is 0.181.